The molecule has 0 bridgehead atoms. The van der Waals surface area contributed by atoms with E-state index in [1.54, 1.807) is 0 Å². The highest BCUT2D eigenvalue weighted by molar-refractivity contribution is 5.78. The number of nitrogens with zero attached hydrogens (tertiary/aromatic N) is 1. The standard InChI is InChI=1S/C25H32N2O3/c1-5-24(29)27-13-12-19-10-11-21(30-16-23(28)26-15-17(2)3)14-22(19)25(27)20-8-6-18(4)7-9-20/h6-11,14,17,25H,5,12-13,15-16H2,1-4H3,(H,26,28)/t25-/m0/s1. The Labute approximate surface area is 179 Å². The minimum Gasteiger partial charge on any atom is -0.484 e. The van der Waals surface area contributed by atoms with Crippen molar-refractivity contribution in [2.24, 2.45) is 5.92 Å². The third kappa shape index (κ3) is 5.21. The Bertz CT molecular complexity index is 890. The highest BCUT2D eigenvalue weighted by Gasteiger charge is 2.31. The zero-order chi connectivity index (χ0) is 21.7. The number of nitrogens with one attached hydrogen (secondary N) is 1. The summed E-state index contributed by atoms with van der Waals surface area (Å²) < 4.78 is 5.78. The van der Waals surface area contributed by atoms with Gasteiger partial charge in [-0.15, -0.1) is 0 Å². The normalized spacial score (nSPS) is 15.6. The van der Waals surface area contributed by atoms with E-state index in [0.29, 0.717) is 31.2 Å². The third-order valence-corrected chi connectivity index (χ3v) is 5.44. The predicted molar refractivity (Wildman–Crippen MR) is 119 cm³/mol. The van der Waals surface area contributed by atoms with Crippen molar-refractivity contribution >= 4 is 11.8 Å². The molecule has 0 aliphatic carbocycles. The second kappa shape index (κ2) is 9.79. The molecule has 2 aromatic carbocycles. The van der Waals surface area contributed by atoms with Gasteiger partial charge >= 0.3 is 0 Å². The number of ether oxygens (including phenoxy) is 1. The van der Waals surface area contributed by atoms with Crippen LogP contribution < -0.4 is 10.1 Å². The topological polar surface area (TPSA) is 58.6 Å². The van der Waals surface area contributed by atoms with Gasteiger partial charge in [-0.1, -0.05) is 56.7 Å². The van der Waals surface area contributed by atoms with Crippen molar-refractivity contribution in [2.45, 2.75) is 46.6 Å². The number of rotatable bonds is 7. The Hall–Kier alpha value is -2.82. The van der Waals surface area contributed by atoms with E-state index in [9.17, 15) is 9.59 Å². The van der Waals surface area contributed by atoms with E-state index in [1.165, 1.54) is 11.1 Å². The largest absolute Gasteiger partial charge is 0.484 e. The van der Waals surface area contributed by atoms with Crippen molar-refractivity contribution < 1.29 is 14.3 Å². The van der Waals surface area contributed by atoms with Crippen molar-refractivity contribution in [1.82, 2.24) is 10.2 Å². The zero-order valence-electron chi connectivity index (χ0n) is 18.4. The second-order valence-electron chi connectivity index (χ2n) is 8.35. The smallest absolute Gasteiger partial charge is 0.257 e. The molecule has 2 aromatic rings. The molecule has 5 heteroatoms. The molecule has 1 heterocycles. The zero-order valence-corrected chi connectivity index (χ0v) is 18.4. The summed E-state index contributed by atoms with van der Waals surface area (Å²) in [5.74, 6) is 1.07. The molecule has 0 fully saturated rings. The molecule has 5 nitrogen and oxygen atoms in total. The van der Waals surface area contributed by atoms with Crippen LogP contribution in [0.4, 0.5) is 0 Å². The van der Waals surface area contributed by atoms with Gasteiger partial charge in [-0.05, 0) is 48.1 Å². The van der Waals surface area contributed by atoms with Crippen molar-refractivity contribution in [2.75, 3.05) is 19.7 Å². The number of amides is 2. The lowest BCUT2D eigenvalue weighted by Crippen LogP contribution is -2.40. The van der Waals surface area contributed by atoms with Gasteiger partial charge in [-0.25, -0.2) is 0 Å². The molecule has 1 N–H and O–H groups in total. The maximum absolute atomic E-state index is 12.7. The first-order valence-corrected chi connectivity index (χ1v) is 10.8. The first kappa shape index (κ1) is 21.9. The van der Waals surface area contributed by atoms with Crippen LogP contribution in [0.2, 0.25) is 0 Å². The maximum Gasteiger partial charge on any atom is 0.257 e. The summed E-state index contributed by atoms with van der Waals surface area (Å²) in [6.45, 7) is 9.39. The number of fused-ring (bicyclic) bond motifs is 1. The SMILES string of the molecule is CCC(=O)N1CCc2ccc(OCC(=O)NCC(C)C)cc2[C@@H]1c1ccc(C)cc1. The van der Waals surface area contributed by atoms with Gasteiger partial charge < -0.3 is 15.0 Å². The summed E-state index contributed by atoms with van der Waals surface area (Å²) in [5, 5.41) is 2.87. The van der Waals surface area contributed by atoms with Gasteiger partial charge in [-0.3, -0.25) is 9.59 Å². The molecule has 0 radical (unpaired) electrons. The third-order valence-electron chi connectivity index (χ3n) is 5.44. The number of hydrogen-bond acceptors (Lipinski definition) is 3. The van der Waals surface area contributed by atoms with Gasteiger partial charge in [0.15, 0.2) is 6.61 Å². The molecule has 3 rings (SSSR count). The minimum atomic E-state index is -0.139. The predicted octanol–water partition coefficient (Wildman–Crippen LogP) is 4.03. The summed E-state index contributed by atoms with van der Waals surface area (Å²) in [4.78, 5) is 26.7. The van der Waals surface area contributed by atoms with Crippen LogP contribution in [0.15, 0.2) is 42.5 Å². The maximum atomic E-state index is 12.7. The molecular weight excluding hydrogens is 376 g/mol. The number of aryl methyl sites for hydroxylation is 1. The van der Waals surface area contributed by atoms with Gasteiger partial charge in [0.1, 0.15) is 5.75 Å². The Balaban J connectivity index is 1.86. The van der Waals surface area contributed by atoms with E-state index < -0.39 is 0 Å². The van der Waals surface area contributed by atoms with Crippen LogP contribution in [-0.2, 0) is 16.0 Å². The van der Waals surface area contributed by atoms with Crippen LogP contribution in [0.25, 0.3) is 0 Å². The fourth-order valence-electron chi connectivity index (χ4n) is 3.78. The Morgan fingerprint density at radius 3 is 2.57 bits per heavy atom. The van der Waals surface area contributed by atoms with Gasteiger partial charge in [0.2, 0.25) is 5.91 Å². The van der Waals surface area contributed by atoms with Crippen LogP contribution in [0.3, 0.4) is 0 Å². The minimum absolute atomic E-state index is 0.0156. The molecule has 1 aliphatic heterocycles. The molecule has 0 saturated heterocycles. The van der Waals surface area contributed by atoms with Gasteiger partial charge in [0, 0.05) is 19.5 Å². The van der Waals surface area contributed by atoms with E-state index in [-0.39, 0.29) is 24.5 Å². The van der Waals surface area contributed by atoms with Crippen molar-refractivity contribution in [3.05, 3.63) is 64.7 Å². The van der Waals surface area contributed by atoms with E-state index in [2.05, 4.69) is 56.4 Å². The molecule has 0 spiro atoms. The van der Waals surface area contributed by atoms with E-state index in [4.69, 9.17) is 4.74 Å². The average molecular weight is 409 g/mol. The van der Waals surface area contributed by atoms with E-state index in [1.807, 2.05) is 24.0 Å². The molecular formula is C25H32N2O3. The van der Waals surface area contributed by atoms with Crippen molar-refractivity contribution in [3.8, 4) is 5.75 Å². The molecule has 0 unspecified atom stereocenters. The lowest BCUT2D eigenvalue weighted by Gasteiger charge is -2.38. The van der Waals surface area contributed by atoms with Crippen molar-refractivity contribution in [3.63, 3.8) is 0 Å². The van der Waals surface area contributed by atoms with Crippen LogP contribution in [-0.4, -0.2) is 36.4 Å². The Morgan fingerprint density at radius 1 is 1.17 bits per heavy atom. The molecule has 160 valence electrons. The summed E-state index contributed by atoms with van der Waals surface area (Å²) >= 11 is 0. The molecule has 0 saturated carbocycles. The highest BCUT2D eigenvalue weighted by atomic mass is 16.5. The van der Waals surface area contributed by atoms with E-state index in [0.717, 1.165) is 17.5 Å². The number of carbonyl (C=O) groups excluding carboxylic acids is 2. The Morgan fingerprint density at radius 2 is 1.90 bits per heavy atom. The lowest BCUT2D eigenvalue weighted by atomic mass is 9.87. The summed E-state index contributed by atoms with van der Waals surface area (Å²) in [7, 11) is 0. The lowest BCUT2D eigenvalue weighted by molar-refractivity contribution is -0.133. The number of carbonyl (C=O) groups is 2. The molecule has 2 amide bonds. The monoisotopic (exact) mass is 408 g/mol. The summed E-state index contributed by atoms with van der Waals surface area (Å²) in [5.41, 5.74) is 4.58. The first-order valence-electron chi connectivity index (χ1n) is 10.8. The van der Waals surface area contributed by atoms with Crippen LogP contribution >= 0.6 is 0 Å². The summed E-state index contributed by atoms with van der Waals surface area (Å²) in [6, 6.07) is 14.2. The Kier molecular flexibility index (Phi) is 7.14. The fourth-order valence-corrected chi connectivity index (χ4v) is 3.78. The van der Waals surface area contributed by atoms with E-state index >= 15 is 0 Å². The fraction of sp³-hybridized carbons (Fsp3) is 0.440. The number of hydrogen-bond donors (Lipinski definition) is 1. The number of benzene rings is 2. The van der Waals surface area contributed by atoms with Gasteiger partial charge in [-0.2, -0.15) is 0 Å². The highest BCUT2D eigenvalue weighted by Crippen LogP contribution is 2.37. The van der Waals surface area contributed by atoms with Gasteiger partial charge in [0.05, 0.1) is 6.04 Å². The van der Waals surface area contributed by atoms with Crippen LogP contribution in [0, 0.1) is 12.8 Å². The van der Waals surface area contributed by atoms with Crippen LogP contribution in [0.1, 0.15) is 55.5 Å². The second-order valence-corrected chi connectivity index (χ2v) is 8.35. The first-order chi connectivity index (χ1) is 14.4. The molecule has 0 aromatic heterocycles. The quantitative estimate of drug-likeness (QED) is 0.752. The van der Waals surface area contributed by atoms with Crippen molar-refractivity contribution in [1.29, 1.82) is 0 Å². The van der Waals surface area contributed by atoms with Gasteiger partial charge in [0.25, 0.3) is 5.91 Å². The molecule has 30 heavy (non-hydrogen) atoms. The summed E-state index contributed by atoms with van der Waals surface area (Å²) in [6.07, 6.45) is 1.29. The molecule has 1 atom stereocenters. The molecule has 1 aliphatic rings. The van der Waals surface area contributed by atoms with Crippen LogP contribution in [0.5, 0.6) is 5.75 Å². The average Bonchev–Trinajstić information content (AvgIpc) is 2.75.